The van der Waals surface area contributed by atoms with Gasteiger partial charge >= 0.3 is 17.9 Å². The number of carbonyl (C=O) groups excluding carboxylic acids is 6. The summed E-state index contributed by atoms with van der Waals surface area (Å²) >= 11 is 3.56. The lowest BCUT2D eigenvalue weighted by atomic mass is 9.93. The van der Waals surface area contributed by atoms with Gasteiger partial charge in [0.1, 0.15) is 83.4 Å². The molecule has 3 aromatic carbocycles. The minimum Gasteiger partial charge on any atom is -0.488 e. The zero-order chi connectivity index (χ0) is 84.3. The van der Waals surface area contributed by atoms with Crippen molar-refractivity contribution < 1.29 is 105 Å². The van der Waals surface area contributed by atoms with Crippen molar-refractivity contribution in [3.8, 4) is 28.4 Å². The minimum atomic E-state index is -4.80. The summed E-state index contributed by atoms with van der Waals surface area (Å²) in [5.74, 6) is -6.06. The fraction of sp³-hybridized carbons (Fsp3) is 0.581. The molecule has 0 unspecified atom stereocenters. The summed E-state index contributed by atoms with van der Waals surface area (Å²) < 4.78 is 163. The van der Waals surface area contributed by atoms with Crippen molar-refractivity contribution in [3.05, 3.63) is 111 Å². The monoisotopic (exact) mass is 1740 g/mol. The SMILES string of the molecule is Cc1c(COc2cc(OCc3cncc(S(C)(=O)=O)c3)c(CN[C@@H](CS(=O)(=O)O)C(=O)NCCS(=O)(=O)O)cc2Br)cccc1-c1cccc(OCc2cn(CCCN3CCN(C(=O)[C@H](CS(=O)(=O)O)NC(=O)CC[C@H](C(=O)OC(C)(C)C)N4CCN(CC(=O)OC(C)(C)C)CCN(CC(=O)OC(C)(C)C)CC4)CC3)nn2)c1C. The summed E-state index contributed by atoms with van der Waals surface area (Å²) in [6.45, 7) is 22.6. The highest BCUT2D eigenvalue weighted by Gasteiger charge is 2.37. The van der Waals surface area contributed by atoms with Crippen LogP contribution in [0.2, 0.25) is 0 Å². The van der Waals surface area contributed by atoms with Gasteiger partial charge in [-0.2, -0.15) is 25.3 Å². The molecule has 2 fully saturated rings. The van der Waals surface area contributed by atoms with Gasteiger partial charge in [-0.25, -0.2) is 8.42 Å². The quantitative estimate of drug-likeness (QED) is 0.0184. The molecule has 40 heteroatoms. The molecule has 2 aliphatic heterocycles. The molecule has 3 atom stereocenters. The number of halogens is 1. The Labute approximate surface area is 675 Å². The maximum Gasteiger partial charge on any atom is 0.323 e. The van der Waals surface area contributed by atoms with Crippen molar-refractivity contribution in [1.29, 1.82) is 0 Å². The second-order valence-corrected chi connectivity index (χ2v) is 38.5. The Morgan fingerprint density at radius 3 is 1.75 bits per heavy atom. The molecule has 0 saturated carbocycles. The minimum absolute atomic E-state index is 0.0433. The lowest BCUT2D eigenvalue weighted by Crippen LogP contribution is -2.57. The van der Waals surface area contributed by atoms with E-state index < -0.39 is 135 Å². The topological polar surface area (TPSA) is 451 Å². The van der Waals surface area contributed by atoms with Crippen LogP contribution in [0.25, 0.3) is 11.1 Å². The Bertz CT molecular complexity index is 4620. The van der Waals surface area contributed by atoms with Gasteiger partial charge in [-0.1, -0.05) is 35.5 Å². The highest BCUT2D eigenvalue weighted by Crippen LogP contribution is 2.37. The summed E-state index contributed by atoms with van der Waals surface area (Å²) in [6.07, 6.45) is 5.56. The fourth-order valence-electron chi connectivity index (χ4n) is 12.5. The average Bonchev–Trinajstić information content (AvgIpc) is 0.966. The van der Waals surface area contributed by atoms with Gasteiger partial charge in [0.2, 0.25) is 17.7 Å². The smallest absolute Gasteiger partial charge is 0.323 e. The van der Waals surface area contributed by atoms with Gasteiger partial charge in [0, 0.05) is 134 Å². The van der Waals surface area contributed by atoms with Crippen LogP contribution in [0.1, 0.15) is 115 Å². The van der Waals surface area contributed by atoms with Crippen LogP contribution in [-0.2, 0) is 116 Å². The van der Waals surface area contributed by atoms with Crippen molar-refractivity contribution in [3.63, 3.8) is 0 Å². The number of esters is 3. The van der Waals surface area contributed by atoms with Crippen LogP contribution in [0.3, 0.4) is 0 Å². The molecule has 2 saturated heterocycles. The van der Waals surface area contributed by atoms with E-state index in [0.717, 1.165) is 34.1 Å². The van der Waals surface area contributed by atoms with E-state index in [4.69, 9.17) is 33.0 Å². The number of nitrogens with zero attached hydrogens (tertiary/aromatic N) is 9. The van der Waals surface area contributed by atoms with Gasteiger partial charge in [-0.15, -0.1) is 5.10 Å². The maximum atomic E-state index is 14.2. The Morgan fingerprint density at radius 2 is 1.17 bits per heavy atom. The summed E-state index contributed by atoms with van der Waals surface area (Å²) in [7, 11) is -17.7. The number of pyridine rings is 1. The summed E-state index contributed by atoms with van der Waals surface area (Å²) in [4.78, 5) is 94.7. The van der Waals surface area contributed by atoms with Crippen molar-refractivity contribution in [1.82, 2.24) is 60.4 Å². The van der Waals surface area contributed by atoms with Crippen LogP contribution in [0.5, 0.6) is 17.2 Å². The number of rotatable bonds is 37. The third kappa shape index (κ3) is 32.3. The van der Waals surface area contributed by atoms with Gasteiger partial charge in [0.25, 0.3) is 30.4 Å². The first-order chi connectivity index (χ1) is 53.0. The number of piperazine rings is 1. The van der Waals surface area contributed by atoms with Crippen LogP contribution < -0.4 is 30.2 Å². The van der Waals surface area contributed by atoms with Crippen molar-refractivity contribution in [2.45, 2.75) is 168 Å². The molecule has 2 aromatic heterocycles. The van der Waals surface area contributed by atoms with E-state index in [9.17, 15) is 71.5 Å². The molecular weight excluding hydrogens is 1630 g/mol. The Balaban J connectivity index is 0.936. The molecule has 0 bridgehead atoms. The molecule has 7 rings (SSSR count). The first-order valence-electron chi connectivity index (χ1n) is 37.0. The van der Waals surface area contributed by atoms with E-state index in [2.05, 4.69) is 52.1 Å². The number of nitrogens with one attached hydrogen (secondary N) is 3. The molecular formula is C74H107BrN12O23S4. The Kier molecular flexibility index (Phi) is 33.4. The fourth-order valence-corrected chi connectivity index (χ4v) is 15.3. The van der Waals surface area contributed by atoms with Gasteiger partial charge in [0.05, 0.1) is 40.2 Å². The van der Waals surface area contributed by atoms with Crippen LogP contribution in [0.4, 0.5) is 0 Å². The molecule has 5 aromatic rings. The van der Waals surface area contributed by atoms with E-state index in [1.54, 1.807) is 85.3 Å². The molecule has 0 radical (unpaired) electrons. The molecule has 0 aliphatic carbocycles. The molecule has 3 amide bonds. The largest absolute Gasteiger partial charge is 0.488 e. The zero-order valence-electron chi connectivity index (χ0n) is 66.4. The number of ether oxygens (including phenoxy) is 6. The molecule has 632 valence electrons. The molecule has 35 nitrogen and oxygen atoms in total. The van der Waals surface area contributed by atoms with E-state index in [0.29, 0.717) is 72.7 Å². The molecule has 114 heavy (non-hydrogen) atoms. The second-order valence-electron chi connectivity index (χ2n) is 31.0. The van der Waals surface area contributed by atoms with E-state index in [1.165, 1.54) is 23.4 Å². The summed E-state index contributed by atoms with van der Waals surface area (Å²) in [5, 5.41) is 16.2. The van der Waals surface area contributed by atoms with E-state index >= 15 is 0 Å². The number of hydrogen-bond donors (Lipinski definition) is 6. The van der Waals surface area contributed by atoms with Crippen LogP contribution in [0, 0.1) is 13.8 Å². The van der Waals surface area contributed by atoms with E-state index in [-0.39, 0.29) is 108 Å². The molecule has 0 spiro atoms. The van der Waals surface area contributed by atoms with Gasteiger partial charge in [-0.05, 0) is 151 Å². The highest BCUT2D eigenvalue weighted by molar-refractivity contribution is 9.10. The van der Waals surface area contributed by atoms with Gasteiger partial charge in [0.15, 0.2) is 9.84 Å². The first-order valence-corrected chi connectivity index (χ1v) is 44.5. The first kappa shape index (κ1) is 93.3. The highest BCUT2D eigenvalue weighted by atomic mass is 79.9. The molecule has 2 aliphatic rings. The maximum absolute atomic E-state index is 14.2. The Morgan fingerprint density at radius 1 is 0.605 bits per heavy atom. The normalized spacial score (nSPS) is 15.8. The number of carbonyl (C=O) groups is 6. The lowest BCUT2D eigenvalue weighted by molar-refractivity contribution is -0.163. The van der Waals surface area contributed by atoms with Crippen LogP contribution in [0.15, 0.2) is 82.6 Å². The standard InChI is InChI=1S/C74H107BrN12O23S4/c1-50-53(46-106-65-38-64(105-45-52-36-56(41-76-39-52)111(12,94)95)54(37-59(65)75)40-78-60(48-113(99,100)101)69(91)77-22-35-112(96,97)98)16-13-17-57(50)58-18-14-19-63(51(58)2)107-47-55-42-87(81-80-55)24-15-23-82-27-33-86(34-28-82)70(92)61(49-114(102,103)104)79-66(88)21-20-62(71(93)110-74(9,10)11)85-31-29-83(43-67(89)108-72(3,4)5)25-26-84(30-32-85)44-68(90)109-73(6,7)8/h13-14,16-19,36-39,41-42,60-62,78H,15,20-35,40,43-49H2,1-12H3,(H,77,91)(H,79,88)(H,96,97,98)(H,99,100,101)(H,102,103,104)/t60-,61-,62+/m0/s1. The van der Waals surface area contributed by atoms with Gasteiger partial charge < -0.3 is 49.3 Å². The predicted octanol–water partition coefficient (Wildman–Crippen LogP) is 4.21. The van der Waals surface area contributed by atoms with Crippen molar-refractivity contribution in [2.24, 2.45) is 0 Å². The van der Waals surface area contributed by atoms with Crippen LogP contribution in [-0.4, -0.2) is 278 Å². The lowest BCUT2D eigenvalue weighted by Gasteiger charge is -2.36. The number of sulfone groups is 1. The molecule has 4 heterocycles. The number of aromatic nitrogens is 4. The van der Waals surface area contributed by atoms with Crippen LogP contribution >= 0.6 is 15.9 Å². The van der Waals surface area contributed by atoms with Crippen molar-refractivity contribution >= 4 is 91.8 Å². The zero-order valence-corrected chi connectivity index (χ0v) is 71.2. The summed E-state index contributed by atoms with van der Waals surface area (Å²) in [6, 6.07) is 11.6. The summed E-state index contributed by atoms with van der Waals surface area (Å²) in [5.41, 5.74) is 3.12. The third-order valence-corrected chi connectivity index (χ3v) is 21.9. The third-order valence-electron chi connectivity index (χ3n) is 18.0. The average molecular weight is 1740 g/mol. The Hall–Kier alpha value is -7.87. The second kappa shape index (κ2) is 40.8. The number of benzene rings is 3. The number of aryl methyl sites for hydroxylation is 1. The molecule has 6 N–H and O–H groups in total. The number of hydrogen-bond acceptors (Lipinski definition) is 28. The van der Waals surface area contributed by atoms with Crippen molar-refractivity contribution in [2.75, 3.05) is 115 Å². The van der Waals surface area contributed by atoms with E-state index in [1.807, 2.05) is 64.9 Å². The predicted molar refractivity (Wildman–Crippen MR) is 423 cm³/mol. The van der Waals surface area contributed by atoms with Gasteiger partial charge in [-0.3, -0.25) is 71.7 Å². The number of amides is 3.